The molecule has 9 nitrogen and oxygen atoms in total. The second kappa shape index (κ2) is 10.0. The van der Waals surface area contributed by atoms with Crippen molar-refractivity contribution in [3.05, 3.63) is 46.5 Å². The number of nitrogens with one attached hydrogen (secondary N) is 1. The lowest BCUT2D eigenvalue weighted by Gasteiger charge is -2.10. The predicted molar refractivity (Wildman–Crippen MR) is 101 cm³/mol. The Labute approximate surface area is 165 Å². The van der Waals surface area contributed by atoms with Gasteiger partial charge in [0.1, 0.15) is 11.4 Å². The van der Waals surface area contributed by atoms with E-state index < -0.39 is 5.97 Å². The molecule has 3 rings (SSSR count). The third-order valence-electron chi connectivity index (χ3n) is 3.19. The molecule has 11 heteroatoms. The van der Waals surface area contributed by atoms with Crippen LogP contribution in [0, 0.1) is 6.92 Å². The van der Waals surface area contributed by atoms with Gasteiger partial charge >= 0.3 is 0 Å². The van der Waals surface area contributed by atoms with Crippen molar-refractivity contribution in [1.82, 2.24) is 30.4 Å². The summed E-state index contributed by atoms with van der Waals surface area (Å²) < 4.78 is 6.71. The van der Waals surface area contributed by atoms with Crippen molar-refractivity contribution in [3.63, 3.8) is 0 Å². The largest absolute Gasteiger partial charge is 0.481 e. The first-order valence-electron chi connectivity index (χ1n) is 7.87. The quantitative estimate of drug-likeness (QED) is 0.591. The SMILES string of the molecule is CC(=O)O.CNCc1nnc(SCc2nonc2C)n1-c1cccc(Cl)c1. The van der Waals surface area contributed by atoms with Gasteiger partial charge in [0.15, 0.2) is 11.0 Å². The maximum Gasteiger partial charge on any atom is 0.300 e. The Bertz CT molecular complexity index is 894. The molecule has 2 N–H and O–H groups in total. The predicted octanol–water partition coefficient (Wildman–Crippen LogP) is 2.71. The van der Waals surface area contributed by atoms with Gasteiger partial charge in [0, 0.05) is 17.7 Å². The molecule has 0 atom stereocenters. The molecule has 0 bridgehead atoms. The average molecular weight is 411 g/mol. The fraction of sp³-hybridized carbons (Fsp3) is 0.312. The van der Waals surface area contributed by atoms with E-state index in [9.17, 15) is 0 Å². The Morgan fingerprint density at radius 1 is 1.37 bits per heavy atom. The Kier molecular flexibility index (Phi) is 7.77. The van der Waals surface area contributed by atoms with E-state index in [1.54, 1.807) is 0 Å². The van der Waals surface area contributed by atoms with Crippen LogP contribution < -0.4 is 5.32 Å². The highest BCUT2D eigenvalue weighted by Gasteiger charge is 2.16. The Balaban J connectivity index is 0.000000596. The van der Waals surface area contributed by atoms with Crippen LogP contribution in [-0.2, 0) is 17.1 Å². The van der Waals surface area contributed by atoms with Crippen LogP contribution in [0.15, 0.2) is 34.1 Å². The lowest BCUT2D eigenvalue weighted by molar-refractivity contribution is -0.134. The van der Waals surface area contributed by atoms with Gasteiger partial charge in [-0.2, -0.15) is 0 Å². The molecule has 2 heterocycles. The van der Waals surface area contributed by atoms with Gasteiger partial charge in [0.05, 0.1) is 12.2 Å². The number of hydrogen-bond acceptors (Lipinski definition) is 8. The molecular weight excluding hydrogens is 392 g/mol. The van der Waals surface area contributed by atoms with Gasteiger partial charge in [-0.3, -0.25) is 9.36 Å². The van der Waals surface area contributed by atoms with E-state index in [0.717, 1.165) is 35.0 Å². The molecule has 0 saturated carbocycles. The van der Waals surface area contributed by atoms with E-state index in [0.29, 0.717) is 17.3 Å². The molecule has 0 fully saturated rings. The summed E-state index contributed by atoms with van der Waals surface area (Å²) in [6.07, 6.45) is 0. The van der Waals surface area contributed by atoms with E-state index in [1.807, 2.05) is 42.8 Å². The van der Waals surface area contributed by atoms with Crippen molar-refractivity contribution in [2.24, 2.45) is 0 Å². The van der Waals surface area contributed by atoms with Crippen molar-refractivity contribution in [2.75, 3.05) is 7.05 Å². The number of carbonyl (C=O) groups is 1. The number of hydrogen-bond donors (Lipinski definition) is 2. The van der Waals surface area contributed by atoms with E-state index in [2.05, 4.69) is 25.8 Å². The maximum absolute atomic E-state index is 9.00. The number of benzene rings is 1. The smallest absolute Gasteiger partial charge is 0.300 e. The van der Waals surface area contributed by atoms with E-state index >= 15 is 0 Å². The third kappa shape index (κ3) is 6.05. The number of nitrogens with zero attached hydrogens (tertiary/aromatic N) is 5. The first-order chi connectivity index (χ1) is 12.9. The minimum absolute atomic E-state index is 0.602. The number of carboxylic acids is 1. The molecule has 0 aliphatic heterocycles. The molecule has 3 aromatic rings. The topological polar surface area (TPSA) is 119 Å². The zero-order valence-electron chi connectivity index (χ0n) is 15.0. The standard InChI is InChI=1S/C14H15ClN6OS.C2H4O2/c1-9-12(20-22-19-9)8-23-14-18-17-13(7-16-2)21(14)11-5-3-4-10(15)6-11;1-2(3)4/h3-6,16H,7-8H2,1-2H3;1H3,(H,3,4). The number of aromatic nitrogens is 5. The lowest BCUT2D eigenvalue weighted by atomic mass is 10.3. The Morgan fingerprint density at radius 2 is 2.11 bits per heavy atom. The molecule has 0 amide bonds. The normalized spacial score (nSPS) is 10.4. The number of rotatable bonds is 6. The van der Waals surface area contributed by atoms with Crippen molar-refractivity contribution in [3.8, 4) is 5.69 Å². The van der Waals surface area contributed by atoms with Gasteiger partial charge in [-0.1, -0.05) is 39.7 Å². The third-order valence-corrected chi connectivity index (χ3v) is 4.36. The van der Waals surface area contributed by atoms with Crippen LogP contribution in [-0.4, -0.2) is 43.2 Å². The molecule has 1 aromatic carbocycles. The minimum atomic E-state index is -0.833. The van der Waals surface area contributed by atoms with Gasteiger partial charge in [-0.25, -0.2) is 4.63 Å². The van der Waals surface area contributed by atoms with E-state index in [4.69, 9.17) is 26.1 Å². The molecule has 0 saturated heterocycles. The molecule has 144 valence electrons. The van der Waals surface area contributed by atoms with Crippen molar-refractivity contribution >= 4 is 29.3 Å². The van der Waals surface area contributed by atoms with Gasteiger partial charge in [0.25, 0.3) is 5.97 Å². The summed E-state index contributed by atoms with van der Waals surface area (Å²) in [7, 11) is 1.87. The van der Waals surface area contributed by atoms with Crippen molar-refractivity contribution in [2.45, 2.75) is 31.3 Å². The molecule has 0 aliphatic rings. The van der Waals surface area contributed by atoms with Gasteiger partial charge < -0.3 is 10.4 Å². The molecule has 2 aromatic heterocycles. The zero-order valence-corrected chi connectivity index (χ0v) is 16.6. The van der Waals surface area contributed by atoms with Crippen LogP contribution in [0.2, 0.25) is 5.02 Å². The fourth-order valence-corrected chi connectivity index (χ4v) is 3.20. The Morgan fingerprint density at radius 3 is 2.70 bits per heavy atom. The summed E-state index contributed by atoms with van der Waals surface area (Å²) >= 11 is 7.64. The first kappa shape index (κ1) is 20.9. The second-order valence-electron chi connectivity index (χ2n) is 5.35. The second-order valence-corrected chi connectivity index (χ2v) is 6.73. The molecule has 0 spiro atoms. The molecule has 0 radical (unpaired) electrons. The summed E-state index contributed by atoms with van der Waals surface area (Å²) in [5, 5.41) is 28.2. The number of aliphatic carboxylic acids is 1. The van der Waals surface area contributed by atoms with Crippen molar-refractivity contribution in [1.29, 1.82) is 0 Å². The fourth-order valence-electron chi connectivity index (χ4n) is 2.05. The van der Waals surface area contributed by atoms with Gasteiger partial charge in [0.2, 0.25) is 0 Å². The molecule has 27 heavy (non-hydrogen) atoms. The van der Waals surface area contributed by atoms with Gasteiger partial charge in [-0.15, -0.1) is 10.2 Å². The van der Waals surface area contributed by atoms with Gasteiger partial charge in [-0.05, 0) is 32.2 Å². The maximum atomic E-state index is 9.00. The van der Waals surface area contributed by atoms with E-state index in [-0.39, 0.29) is 0 Å². The minimum Gasteiger partial charge on any atom is -0.481 e. The zero-order chi connectivity index (χ0) is 19.8. The number of aryl methyl sites for hydroxylation is 1. The summed E-state index contributed by atoms with van der Waals surface area (Å²) in [6, 6.07) is 7.60. The average Bonchev–Trinajstić information content (AvgIpc) is 3.19. The molecular formula is C16H19ClN6O3S. The number of carboxylic acid groups (broad SMARTS) is 1. The Hall–Kier alpha value is -2.43. The summed E-state index contributed by atoms with van der Waals surface area (Å²) in [5.41, 5.74) is 2.50. The molecule has 0 aliphatic carbocycles. The lowest BCUT2D eigenvalue weighted by Crippen LogP contribution is -2.12. The monoisotopic (exact) mass is 410 g/mol. The summed E-state index contributed by atoms with van der Waals surface area (Å²) in [5.74, 6) is 0.584. The number of thioether (sulfide) groups is 1. The van der Waals surface area contributed by atoms with Crippen molar-refractivity contribution < 1.29 is 14.5 Å². The summed E-state index contributed by atoms with van der Waals surface area (Å²) in [6.45, 7) is 3.55. The van der Waals surface area contributed by atoms with Crippen LogP contribution >= 0.6 is 23.4 Å². The highest BCUT2D eigenvalue weighted by atomic mass is 35.5. The van der Waals surface area contributed by atoms with Crippen LogP contribution in [0.1, 0.15) is 24.1 Å². The van der Waals surface area contributed by atoms with Crippen LogP contribution in [0.3, 0.4) is 0 Å². The van der Waals surface area contributed by atoms with Crippen LogP contribution in [0.5, 0.6) is 0 Å². The van der Waals surface area contributed by atoms with Crippen LogP contribution in [0.25, 0.3) is 5.69 Å². The first-order valence-corrected chi connectivity index (χ1v) is 9.24. The molecule has 0 unspecified atom stereocenters. The number of halogens is 1. The van der Waals surface area contributed by atoms with Crippen LogP contribution in [0.4, 0.5) is 0 Å². The van der Waals surface area contributed by atoms with E-state index in [1.165, 1.54) is 11.8 Å². The highest BCUT2D eigenvalue weighted by molar-refractivity contribution is 7.98. The summed E-state index contributed by atoms with van der Waals surface area (Å²) in [4.78, 5) is 9.00. The highest BCUT2D eigenvalue weighted by Crippen LogP contribution is 2.26.